The summed E-state index contributed by atoms with van der Waals surface area (Å²) in [4.78, 5) is 6.49. The van der Waals surface area contributed by atoms with Crippen LogP contribution in [0.2, 0.25) is 0 Å². The Balaban J connectivity index is 4.12. The molecule has 2 N–H and O–H groups in total. The van der Waals surface area contributed by atoms with E-state index in [4.69, 9.17) is 0 Å². The predicted octanol–water partition coefficient (Wildman–Crippen LogP) is 0.705. The third kappa shape index (κ3) is 8.93. The Morgan fingerprint density at radius 3 is 2.05 bits per heavy atom. The van der Waals surface area contributed by atoms with Gasteiger partial charge in [0.1, 0.15) is 0 Å². The van der Waals surface area contributed by atoms with Gasteiger partial charge in [-0.3, -0.25) is 9.89 Å². The zero-order valence-corrected chi connectivity index (χ0v) is 15.1. The highest BCUT2D eigenvalue weighted by Crippen LogP contribution is 2.03. The maximum Gasteiger partial charge on any atom is 0.191 e. The van der Waals surface area contributed by atoms with E-state index in [1.807, 2.05) is 0 Å². The van der Waals surface area contributed by atoms with Gasteiger partial charge in [-0.25, -0.2) is 8.42 Å². The molecular formula is C14H32N4O2S. The van der Waals surface area contributed by atoms with Crippen molar-refractivity contribution < 1.29 is 8.42 Å². The summed E-state index contributed by atoms with van der Waals surface area (Å²) in [5, 5.41) is 6.25. The van der Waals surface area contributed by atoms with E-state index in [1.54, 1.807) is 14.0 Å². The number of hydrogen-bond donors (Lipinski definition) is 2. The van der Waals surface area contributed by atoms with E-state index < -0.39 is 9.84 Å². The van der Waals surface area contributed by atoms with Gasteiger partial charge in [0.25, 0.3) is 0 Å². The molecule has 126 valence electrons. The van der Waals surface area contributed by atoms with E-state index in [-0.39, 0.29) is 11.5 Å². The minimum atomic E-state index is -2.93. The van der Waals surface area contributed by atoms with Gasteiger partial charge in [0.15, 0.2) is 15.8 Å². The summed E-state index contributed by atoms with van der Waals surface area (Å²) in [6, 6.07) is 0.993. The molecule has 0 rings (SSSR count). The van der Waals surface area contributed by atoms with E-state index >= 15 is 0 Å². The fraction of sp³-hybridized carbons (Fsp3) is 0.929. The number of nitrogens with one attached hydrogen (secondary N) is 2. The van der Waals surface area contributed by atoms with Crippen LogP contribution >= 0.6 is 0 Å². The summed E-state index contributed by atoms with van der Waals surface area (Å²) in [5.74, 6) is 0.959. The van der Waals surface area contributed by atoms with Crippen molar-refractivity contribution in [2.45, 2.75) is 46.7 Å². The molecule has 0 bridgehead atoms. The molecule has 0 radical (unpaired) electrons. The molecular weight excluding hydrogens is 288 g/mol. The van der Waals surface area contributed by atoms with Crippen LogP contribution in [-0.4, -0.2) is 69.5 Å². The van der Waals surface area contributed by atoms with Gasteiger partial charge in [-0.1, -0.05) is 6.92 Å². The Morgan fingerprint density at radius 1 is 1.10 bits per heavy atom. The predicted molar refractivity (Wildman–Crippen MR) is 90.7 cm³/mol. The highest BCUT2D eigenvalue weighted by molar-refractivity contribution is 7.91. The number of sulfone groups is 1. The van der Waals surface area contributed by atoms with Crippen molar-refractivity contribution in [2.24, 2.45) is 4.99 Å². The van der Waals surface area contributed by atoms with Crippen molar-refractivity contribution in [2.75, 3.05) is 38.2 Å². The lowest BCUT2D eigenvalue weighted by atomic mass is 10.2. The van der Waals surface area contributed by atoms with Crippen molar-refractivity contribution in [1.29, 1.82) is 0 Å². The third-order valence-corrected chi connectivity index (χ3v) is 5.06. The van der Waals surface area contributed by atoms with Gasteiger partial charge in [-0.15, -0.1) is 0 Å². The molecule has 0 fully saturated rings. The quantitative estimate of drug-likeness (QED) is 0.483. The third-order valence-electron chi connectivity index (χ3n) is 3.36. The maximum absolute atomic E-state index is 11.4. The van der Waals surface area contributed by atoms with Crippen LogP contribution in [0, 0.1) is 0 Å². The summed E-state index contributed by atoms with van der Waals surface area (Å²) >= 11 is 0. The smallest absolute Gasteiger partial charge is 0.191 e. The first-order chi connectivity index (χ1) is 9.73. The van der Waals surface area contributed by atoms with Gasteiger partial charge < -0.3 is 10.6 Å². The van der Waals surface area contributed by atoms with Crippen molar-refractivity contribution in [3.63, 3.8) is 0 Å². The molecule has 7 heteroatoms. The van der Waals surface area contributed by atoms with Crippen molar-refractivity contribution in [1.82, 2.24) is 15.5 Å². The molecule has 0 aromatic rings. The number of hydrogen-bond acceptors (Lipinski definition) is 4. The van der Waals surface area contributed by atoms with Crippen LogP contribution < -0.4 is 10.6 Å². The summed E-state index contributed by atoms with van der Waals surface area (Å²) in [6.45, 7) is 12.5. The Kier molecular flexibility index (Phi) is 9.61. The van der Waals surface area contributed by atoms with E-state index in [0.717, 1.165) is 13.1 Å². The van der Waals surface area contributed by atoms with Crippen LogP contribution in [-0.2, 0) is 9.84 Å². The molecule has 0 unspecified atom stereocenters. The van der Waals surface area contributed by atoms with Gasteiger partial charge in [-0.2, -0.15) is 0 Å². The molecule has 0 saturated heterocycles. The molecule has 0 atom stereocenters. The van der Waals surface area contributed by atoms with Crippen molar-refractivity contribution in [3.8, 4) is 0 Å². The minimum Gasteiger partial charge on any atom is -0.355 e. The lowest BCUT2D eigenvalue weighted by molar-refractivity contribution is 0.178. The largest absolute Gasteiger partial charge is 0.355 e. The Hall–Kier alpha value is -0.820. The number of rotatable bonds is 9. The van der Waals surface area contributed by atoms with Crippen LogP contribution in [0.15, 0.2) is 4.99 Å². The molecule has 0 aliphatic carbocycles. The van der Waals surface area contributed by atoms with Crippen LogP contribution in [0.5, 0.6) is 0 Å². The Morgan fingerprint density at radius 2 is 1.62 bits per heavy atom. The molecule has 0 aromatic heterocycles. The molecule has 0 saturated carbocycles. The SMILES string of the molecule is CCS(=O)(=O)CCNC(=NC)NCCN(C(C)C)C(C)C. The second-order valence-corrected chi connectivity index (χ2v) is 8.06. The van der Waals surface area contributed by atoms with E-state index in [1.165, 1.54) is 0 Å². The molecule has 0 aromatic carbocycles. The average molecular weight is 321 g/mol. The molecule has 21 heavy (non-hydrogen) atoms. The first-order valence-corrected chi connectivity index (χ1v) is 9.46. The lowest BCUT2D eigenvalue weighted by Gasteiger charge is -2.30. The highest BCUT2D eigenvalue weighted by atomic mass is 32.2. The first kappa shape index (κ1) is 20.2. The fourth-order valence-corrected chi connectivity index (χ4v) is 2.81. The number of nitrogens with zero attached hydrogens (tertiary/aromatic N) is 2. The average Bonchev–Trinajstić information content (AvgIpc) is 2.40. The summed E-state index contributed by atoms with van der Waals surface area (Å²) in [7, 11) is -1.25. The summed E-state index contributed by atoms with van der Waals surface area (Å²) in [6.07, 6.45) is 0. The second-order valence-electron chi connectivity index (χ2n) is 5.59. The minimum absolute atomic E-state index is 0.133. The molecule has 0 aliphatic heterocycles. The summed E-state index contributed by atoms with van der Waals surface area (Å²) in [5.41, 5.74) is 0. The zero-order valence-electron chi connectivity index (χ0n) is 14.3. The first-order valence-electron chi connectivity index (χ1n) is 7.64. The molecule has 6 nitrogen and oxygen atoms in total. The standard InChI is InChI=1S/C14H32N4O2S/c1-7-21(19,20)11-9-17-14(15-6)16-8-10-18(12(2)3)13(4)5/h12-13H,7-11H2,1-6H3,(H2,15,16,17). The van der Waals surface area contributed by atoms with Gasteiger partial charge in [-0.05, 0) is 27.7 Å². The molecule has 0 heterocycles. The number of aliphatic imine (C=N–C) groups is 1. The lowest BCUT2D eigenvalue weighted by Crippen LogP contribution is -2.46. The Labute approximate surface area is 130 Å². The van der Waals surface area contributed by atoms with E-state index in [9.17, 15) is 8.42 Å². The number of guanidine groups is 1. The highest BCUT2D eigenvalue weighted by Gasteiger charge is 2.13. The van der Waals surface area contributed by atoms with E-state index in [0.29, 0.717) is 24.6 Å². The second kappa shape index (κ2) is 10.00. The maximum atomic E-state index is 11.4. The van der Waals surface area contributed by atoms with Crippen LogP contribution in [0.1, 0.15) is 34.6 Å². The van der Waals surface area contributed by atoms with Gasteiger partial charge in [0.05, 0.1) is 5.75 Å². The van der Waals surface area contributed by atoms with Gasteiger partial charge >= 0.3 is 0 Å². The Bertz CT molecular complexity index is 397. The van der Waals surface area contributed by atoms with Crippen molar-refractivity contribution >= 4 is 15.8 Å². The topological polar surface area (TPSA) is 73.8 Å². The van der Waals surface area contributed by atoms with Crippen LogP contribution in [0.3, 0.4) is 0 Å². The van der Waals surface area contributed by atoms with E-state index in [2.05, 4.69) is 48.2 Å². The normalized spacial score (nSPS) is 13.3. The molecule has 0 spiro atoms. The molecule has 0 aliphatic rings. The fourth-order valence-electron chi connectivity index (χ4n) is 2.11. The van der Waals surface area contributed by atoms with Crippen LogP contribution in [0.25, 0.3) is 0 Å². The molecule has 0 amide bonds. The monoisotopic (exact) mass is 320 g/mol. The van der Waals surface area contributed by atoms with Crippen molar-refractivity contribution in [3.05, 3.63) is 0 Å². The van der Waals surface area contributed by atoms with Gasteiger partial charge in [0, 0.05) is 44.5 Å². The van der Waals surface area contributed by atoms with Crippen LogP contribution in [0.4, 0.5) is 0 Å². The van der Waals surface area contributed by atoms with Gasteiger partial charge in [0.2, 0.25) is 0 Å². The zero-order chi connectivity index (χ0) is 16.5. The summed E-state index contributed by atoms with van der Waals surface area (Å²) < 4.78 is 22.8.